The van der Waals surface area contributed by atoms with Gasteiger partial charge in [-0.15, -0.1) is 0 Å². The van der Waals surface area contributed by atoms with E-state index in [-0.39, 0.29) is 11.5 Å². The summed E-state index contributed by atoms with van der Waals surface area (Å²) in [6, 6.07) is 38.4. The molecule has 0 aliphatic rings. The molecule has 0 heterocycles. The van der Waals surface area contributed by atoms with Crippen LogP contribution in [-0.4, -0.2) is 15.3 Å². The van der Waals surface area contributed by atoms with Crippen LogP contribution in [0.2, 0.25) is 0 Å². The Kier molecular flexibility index (Phi) is 6.29. The van der Waals surface area contributed by atoms with E-state index in [0.29, 0.717) is 16.9 Å². The fourth-order valence-corrected chi connectivity index (χ4v) is 4.64. The van der Waals surface area contributed by atoms with Crippen LogP contribution in [0.25, 0.3) is 43.8 Å². The molecule has 0 bridgehead atoms. The van der Waals surface area contributed by atoms with E-state index in [4.69, 9.17) is 0 Å². The highest BCUT2D eigenvalue weighted by molar-refractivity contribution is 6.08. The van der Waals surface area contributed by atoms with Crippen molar-refractivity contribution in [1.29, 1.82) is 0 Å². The van der Waals surface area contributed by atoms with Gasteiger partial charge in [0.15, 0.2) is 0 Å². The number of para-hydroxylation sites is 2. The number of fused-ring (bicyclic) bond motifs is 2. The molecule has 0 radical (unpaired) electrons. The first-order chi connectivity index (χ1) is 17.5. The fourth-order valence-electron chi connectivity index (χ4n) is 4.64. The first kappa shape index (κ1) is 23.0. The van der Waals surface area contributed by atoms with E-state index in [1.165, 1.54) is 16.3 Å². The van der Waals surface area contributed by atoms with Crippen molar-refractivity contribution >= 4 is 21.5 Å². The first-order valence-electron chi connectivity index (χ1n) is 11.8. The molecule has 6 rings (SSSR count). The lowest BCUT2D eigenvalue weighted by Gasteiger charge is -2.15. The smallest absolute Gasteiger partial charge is 0.124 e. The molecule has 0 saturated carbocycles. The highest BCUT2D eigenvalue weighted by atomic mass is 16.3. The second kappa shape index (κ2) is 9.85. The Bertz CT molecular complexity index is 1560. The SMILES string of the molecule is Cc1ccc2ccccc2c1-c1c(O)ccc2ccccc12.Oc1ccccc1-c1ccccc1O. The van der Waals surface area contributed by atoms with Crippen LogP contribution in [0.3, 0.4) is 0 Å². The van der Waals surface area contributed by atoms with E-state index in [1.807, 2.05) is 42.5 Å². The molecule has 36 heavy (non-hydrogen) atoms. The molecule has 0 fully saturated rings. The zero-order valence-electron chi connectivity index (χ0n) is 19.9. The summed E-state index contributed by atoms with van der Waals surface area (Å²) < 4.78 is 0. The van der Waals surface area contributed by atoms with Crippen molar-refractivity contribution in [1.82, 2.24) is 0 Å². The molecule has 176 valence electrons. The summed E-state index contributed by atoms with van der Waals surface area (Å²) in [6.45, 7) is 2.10. The Balaban J connectivity index is 0.000000165. The molecule has 3 nitrogen and oxygen atoms in total. The summed E-state index contributed by atoms with van der Waals surface area (Å²) in [5.74, 6) is 0.682. The summed E-state index contributed by atoms with van der Waals surface area (Å²) in [6.07, 6.45) is 0. The number of benzene rings is 6. The van der Waals surface area contributed by atoms with Gasteiger partial charge < -0.3 is 15.3 Å². The standard InChI is InChI=1S/C21H16O.C12H10O2/c1-14-10-11-15-6-2-4-8-17(15)20(14)21-18-9-5-3-7-16(18)12-13-19(21)22;13-11-7-3-1-5-9(11)10-6-2-4-8-12(10)14/h2-13,22H,1H3;1-8,13-14H. The van der Waals surface area contributed by atoms with Gasteiger partial charge in [-0.1, -0.05) is 103 Å². The number of aromatic hydroxyl groups is 3. The van der Waals surface area contributed by atoms with Gasteiger partial charge in [0.1, 0.15) is 17.2 Å². The highest BCUT2D eigenvalue weighted by Crippen LogP contribution is 2.41. The van der Waals surface area contributed by atoms with E-state index in [9.17, 15) is 15.3 Å². The van der Waals surface area contributed by atoms with E-state index in [1.54, 1.807) is 42.5 Å². The van der Waals surface area contributed by atoms with Gasteiger partial charge in [0.05, 0.1) is 0 Å². The van der Waals surface area contributed by atoms with Gasteiger partial charge in [0.25, 0.3) is 0 Å². The molecule has 0 aromatic heterocycles. The maximum Gasteiger partial charge on any atom is 0.124 e. The summed E-state index contributed by atoms with van der Waals surface area (Å²) in [4.78, 5) is 0. The Morgan fingerprint density at radius 2 is 0.833 bits per heavy atom. The van der Waals surface area contributed by atoms with Gasteiger partial charge in [-0.05, 0) is 57.8 Å². The average molecular weight is 471 g/mol. The minimum absolute atomic E-state index is 0.175. The van der Waals surface area contributed by atoms with Crippen LogP contribution in [0.5, 0.6) is 17.2 Å². The largest absolute Gasteiger partial charge is 0.507 e. The molecular formula is C33H26O3. The average Bonchev–Trinajstić information content (AvgIpc) is 2.90. The van der Waals surface area contributed by atoms with Gasteiger partial charge in [0.2, 0.25) is 0 Å². The Morgan fingerprint density at radius 1 is 0.389 bits per heavy atom. The van der Waals surface area contributed by atoms with Crippen LogP contribution in [0.1, 0.15) is 5.56 Å². The van der Waals surface area contributed by atoms with Crippen molar-refractivity contribution in [3.8, 4) is 39.5 Å². The number of phenolic OH excluding ortho intramolecular Hbond substituents is 3. The lowest BCUT2D eigenvalue weighted by Crippen LogP contribution is -1.89. The van der Waals surface area contributed by atoms with Crippen LogP contribution in [0.4, 0.5) is 0 Å². The molecule has 3 heteroatoms. The van der Waals surface area contributed by atoms with Crippen molar-refractivity contribution in [3.05, 3.63) is 127 Å². The maximum absolute atomic E-state index is 10.5. The van der Waals surface area contributed by atoms with Crippen LogP contribution < -0.4 is 0 Å². The fraction of sp³-hybridized carbons (Fsp3) is 0.0303. The quantitative estimate of drug-likeness (QED) is 0.238. The van der Waals surface area contributed by atoms with Crippen LogP contribution >= 0.6 is 0 Å². The van der Waals surface area contributed by atoms with E-state index < -0.39 is 0 Å². The molecule has 0 saturated heterocycles. The monoisotopic (exact) mass is 470 g/mol. The van der Waals surface area contributed by atoms with Crippen molar-refractivity contribution in [2.45, 2.75) is 6.92 Å². The van der Waals surface area contributed by atoms with Gasteiger partial charge in [-0.2, -0.15) is 0 Å². The molecule has 0 atom stereocenters. The third-order valence-corrected chi connectivity index (χ3v) is 6.39. The first-order valence-corrected chi connectivity index (χ1v) is 11.8. The normalized spacial score (nSPS) is 10.7. The number of aryl methyl sites for hydroxylation is 1. The van der Waals surface area contributed by atoms with Crippen LogP contribution in [0.15, 0.2) is 121 Å². The van der Waals surface area contributed by atoms with Crippen molar-refractivity contribution in [2.24, 2.45) is 0 Å². The number of phenols is 3. The van der Waals surface area contributed by atoms with Crippen molar-refractivity contribution in [3.63, 3.8) is 0 Å². The molecule has 6 aromatic rings. The molecule has 0 aliphatic heterocycles. The Labute approximate surface area is 210 Å². The van der Waals surface area contributed by atoms with Crippen LogP contribution in [0, 0.1) is 6.92 Å². The number of rotatable bonds is 2. The third-order valence-electron chi connectivity index (χ3n) is 6.39. The molecule has 6 aromatic carbocycles. The second-order valence-corrected chi connectivity index (χ2v) is 8.69. The minimum Gasteiger partial charge on any atom is -0.507 e. The van der Waals surface area contributed by atoms with Gasteiger partial charge in [-0.3, -0.25) is 0 Å². The van der Waals surface area contributed by atoms with Crippen LogP contribution in [-0.2, 0) is 0 Å². The second-order valence-electron chi connectivity index (χ2n) is 8.69. The topological polar surface area (TPSA) is 60.7 Å². The van der Waals surface area contributed by atoms with Gasteiger partial charge in [-0.25, -0.2) is 0 Å². The predicted octanol–water partition coefficient (Wildman–Crippen LogP) is 8.44. The molecule has 0 amide bonds. The van der Waals surface area contributed by atoms with Gasteiger partial charge >= 0.3 is 0 Å². The zero-order valence-corrected chi connectivity index (χ0v) is 19.9. The predicted molar refractivity (Wildman–Crippen MR) is 148 cm³/mol. The van der Waals surface area contributed by atoms with Crippen molar-refractivity contribution in [2.75, 3.05) is 0 Å². The summed E-state index contributed by atoms with van der Waals surface area (Å²) in [5, 5.41) is 34.3. The summed E-state index contributed by atoms with van der Waals surface area (Å²) in [5.41, 5.74) is 4.50. The maximum atomic E-state index is 10.5. The lowest BCUT2D eigenvalue weighted by atomic mass is 9.90. The Hall–Kier alpha value is -4.76. The molecule has 0 aliphatic carbocycles. The van der Waals surface area contributed by atoms with E-state index in [0.717, 1.165) is 21.9 Å². The highest BCUT2D eigenvalue weighted by Gasteiger charge is 2.14. The third kappa shape index (κ3) is 4.35. The number of hydrogen-bond donors (Lipinski definition) is 3. The van der Waals surface area contributed by atoms with E-state index >= 15 is 0 Å². The van der Waals surface area contributed by atoms with Gasteiger partial charge in [0, 0.05) is 16.7 Å². The minimum atomic E-state index is 0.175. The molecular weight excluding hydrogens is 444 g/mol. The Morgan fingerprint density at radius 3 is 1.39 bits per heavy atom. The zero-order chi connectivity index (χ0) is 25.1. The molecule has 3 N–H and O–H groups in total. The van der Waals surface area contributed by atoms with Crippen molar-refractivity contribution < 1.29 is 15.3 Å². The number of hydrogen-bond acceptors (Lipinski definition) is 3. The molecule has 0 unspecified atom stereocenters. The summed E-state index contributed by atoms with van der Waals surface area (Å²) >= 11 is 0. The lowest BCUT2D eigenvalue weighted by molar-refractivity contribution is 0.469. The molecule has 0 spiro atoms. The summed E-state index contributed by atoms with van der Waals surface area (Å²) in [7, 11) is 0. The van der Waals surface area contributed by atoms with E-state index in [2.05, 4.69) is 43.3 Å².